The van der Waals surface area contributed by atoms with Gasteiger partial charge in [-0.25, -0.2) is 9.97 Å². The third-order valence-electron chi connectivity index (χ3n) is 4.61. The Balaban J connectivity index is 1.65. The molecule has 4 heteroatoms. The molecule has 5 aromatic rings. The second-order valence-corrected chi connectivity index (χ2v) is 7.50. The summed E-state index contributed by atoms with van der Waals surface area (Å²) in [7, 11) is 0. The molecule has 0 bridgehead atoms. The van der Waals surface area contributed by atoms with Crippen LogP contribution in [-0.4, -0.2) is 9.97 Å². The van der Waals surface area contributed by atoms with Crippen LogP contribution in [0.1, 0.15) is 5.82 Å². The number of nitrogens with zero attached hydrogens (tertiary/aromatic N) is 2. The SMILES string of the molecule is Cc1nc(Nc2cccc3ccccc23)c2cc(-c3ccccc3)sc2n1. The normalized spacial score (nSPS) is 11.1. The molecule has 27 heavy (non-hydrogen) atoms. The monoisotopic (exact) mass is 367 g/mol. The molecular weight excluding hydrogens is 350 g/mol. The van der Waals surface area contributed by atoms with Crippen LogP contribution in [0.25, 0.3) is 31.4 Å². The van der Waals surface area contributed by atoms with E-state index in [1.165, 1.54) is 21.2 Å². The molecule has 2 aromatic heterocycles. The summed E-state index contributed by atoms with van der Waals surface area (Å²) in [6.45, 7) is 1.94. The largest absolute Gasteiger partial charge is 0.339 e. The van der Waals surface area contributed by atoms with Crippen molar-refractivity contribution in [3.05, 3.63) is 84.7 Å². The molecule has 0 saturated heterocycles. The number of benzene rings is 3. The van der Waals surface area contributed by atoms with Crippen LogP contribution in [0.4, 0.5) is 11.5 Å². The van der Waals surface area contributed by atoms with Crippen molar-refractivity contribution in [2.75, 3.05) is 5.32 Å². The molecule has 5 rings (SSSR count). The van der Waals surface area contributed by atoms with Gasteiger partial charge >= 0.3 is 0 Å². The van der Waals surface area contributed by atoms with Crippen molar-refractivity contribution >= 4 is 43.8 Å². The molecule has 0 aliphatic heterocycles. The van der Waals surface area contributed by atoms with Crippen LogP contribution in [0.15, 0.2) is 78.9 Å². The first kappa shape index (κ1) is 16.0. The van der Waals surface area contributed by atoms with Gasteiger partial charge in [-0.15, -0.1) is 11.3 Å². The molecule has 3 nitrogen and oxygen atoms in total. The molecule has 130 valence electrons. The number of aromatic nitrogens is 2. The van der Waals surface area contributed by atoms with Gasteiger partial charge < -0.3 is 5.32 Å². The van der Waals surface area contributed by atoms with Gasteiger partial charge in [0.1, 0.15) is 16.5 Å². The Morgan fingerprint density at radius 2 is 1.56 bits per heavy atom. The number of thiophene rings is 1. The van der Waals surface area contributed by atoms with E-state index in [0.29, 0.717) is 0 Å². The summed E-state index contributed by atoms with van der Waals surface area (Å²) >= 11 is 1.70. The number of fused-ring (bicyclic) bond motifs is 2. The molecule has 0 saturated carbocycles. The minimum Gasteiger partial charge on any atom is -0.339 e. The topological polar surface area (TPSA) is 37.8 Å². The third-order valence-corrected chi connectivity index (χ3v) is 5.68. The molecule has 0 fully saturated rings. The van der Waals surface area contributed by atoms with Gasteiger partial charge in [-0.2, -0.15) is 0 Å². The van der Waals surface area contributed by atoms with E-state index < -0.39 is 0 Å². The van der Waals surface area contributed by atoms with E-state index in [1.807, 2.05) is 13.0 Å². The zero-order chi connectivity index (χ0) is 18.2. The van der Waals surface area contributed by atoms with Crippen molar-refractivity contribution in [2.24, 2.45) is 0 Å². The summed E-state index contributed by atoms with van der Waals surface area (Å²) in [5, 5.41) is 7.00. The first-order chi connectivity index (χ1) is 13.3. The van der Waals surface area contributed by atoms with Crippen LogP contribution in [0, 0.1) is 6.92 Å². The minimum absolute atomic E-state index is 0.770. The number of hydrogen-bond acceptors (Lipinski definition) is 4. The van der Waals surface area contributed by atoms with Crippen LogP contribution in [0.2, 0.25) is 0 Å². The maximum atomic E-state index is 4.69. The fraction of sp³-hybridized carbons (Fsp3) is 0.0435. The van der Waals surface area contributed by atoms with Crippen molar-refractivity contribution in [1.29, 1.82) is 0 Å². The number of anilines is 2. The average molecular weight is 367 g/mol. The Morgan fingerprint density at radius 3 is 2.44 bits per heavy atom. The van der Waals surface area contributed by atoms with E-state index in [0.717, 1.165) is 27.5 Å². The molecule has 0 atom stereocenters. The maximum Gasteiger partial charge on any atom is 0.142 e. The fourth-order valence-electron chi connectivity index (χ4n) is 3.33. The van der Waals surface area contributed by atoms with Crippen LogP contribution in [-0.2, 0) is 0 Å². The summed E-state index contributed by atoms with van der Waals surface area (Å²) in [6.07, 6.45) is 0. The summed E-state index contributed by atoms with van der Waals surface area (Å²) < 4.78 is 0. The van der Waals surface area contributed by atoms with E-state index in [4.69, 9.17) is 4.98 Å². The van der Waals surface area contributed by atoms with Gasteiger partial charge in [0.15, 0.2) is 0 Å². The highest BCUT2D eigenvalue weighted by molar-refractivity contribution is 7.21. The number of hydrogen-bond donors (Lipinski definition) is 1. The van der Waals surface area contributed by atoms with Crippen LogP contribution in [0.3, 0.4) is 0 Å². The lowest BCUT2D eigenvalue weighted by atomic mass is 10.1. The molecule has 1 N–H and O–H groups in total. The summed E-state index contributed by atoms with van der Waals surface area (Å²) in [4.78, 5) is 11.6. The Morgan fingerprint density at radius 1 is 0.778 bits per heavy atom. The fourth-order valence-corrected chi connectivity index (χ4v) is 4.41. The zero-order valence-corrected chi connectivity index (χ0v) is 15.6. The van der Waals surface area contributed by atoms with E-state index in [1.54, 1.807) is 11.3 Å². The lowest BCUT2D eigenvalue weighted by molar-refractivity contribution is 1.10. The van der Waals surface area contributed by atoms with Crippen molar-refractivity contribution in [2.45, 2.75) is 6.92 Å². The molecule has 0 aliphatic carbocycles. The van der Waals surface area contributed by atoms with Crippen molar-refractivity contribution in [1.82, 2.24) is 9.97 Å². The Labute approximate surface area is 161 Å². The molecule has 3 aromatic carbocycles. The Kier molecular flexibility index (Phi) is 3.84. The molecule has 2 heterocycles. The van der Waals surface area contributed by atoms with E-state index >= 15 is 0 Å². The Bertz CT molecular complexity index is 1250. The van der Waals surface area contributed by atoms with Crippen molar-refractivity contribution in [3.8, 4) is 10.4 Å². The highest BCUT2D eigenvalue weighted by Gasteiger charge is 2.12. The third kappa shape index (κ3) is 2.94. The quantitative estimate of drug-likeness (QED) is 0.392. The van der Waals surface area contributed by atoms with Gasteiger partial charge in [-0.3, -0.25) is 0 Å². The van der Waals surface area contributed by atoms with Gasteiger partial charge in [-0.1, -0.05) is 66.7 Å². The smallest absolute Gasteiger partial charge is 0.142 e. The minimum atomic E-state index is 0.770. The van der Waals surface area contributed by atoms with E-state index in [2.05, 4.69) is 83.1 Å². The van der Waals surface area contributed by atoms with Crippen LogP contribution < -0.4 is 5.32 Å². The predicted octanol–water partition coefficient (Wildman–Crippen LogP) is 6.56. The first-order valence-electron chi connectivity index (χ1n) is 8.86. The molecule has 0 unspecified atom stereocenters. The molecular formula is C23H17N3S. The van der Waals surface area contributed by atoms with E-state index in [-0.39, 0.29) is 0 Å². The van der Waals surface area contributed by atoms with E-state index in [9.17, 15) is 0 Å². The highest BCUT2D eigenvalue weighted by atomic mass is 32.1. The lowest BCUT2D eigenvalue weighted by Gasteiger charge is -2.10. The average Bonchev–Trinajstić information content (AvgIpc) is 3.13. The van der Waals surface area contributed by atoms with Gasteiger partial charge in [0, 0.05) is 16.0 Å². The second kappa shape index (κ2) is 6.49. The van der Waals surface area contributed by atoms with Crippen molar-refractivity contribution < 1.29 is 0 Å². The van der Waals surface area contributed by atoms with Gasteiger partial charge in [0.25, 0.3) is 0 Å². The summed E-state index contributed by atoms with van der Waals surface area (Å²) in [5.41, 5.74) is 2.26. The molecule has 0 amide bonds. The Hall–Kier alpha value is -3.24. The summed E-state index contributed by atoms with van der Waals surface area (Å²) in [5.74, 6) is 1.62. The number of aryl methyl sites for hydroxylation is 1. The van der Waals surface area contributed by atoms with Crippen LogP contribution >= 0.6 is 11.3 Å². The van der Waals surface area contributed by atoms with Crippen LogP contribution in [0.5, 0.6) is 0 Å². The maximum absolute atomic E-state index is 4.69. The number of rotatable bonds is 3. The highest BCUT2D eigenvalue weighted by Crippen LogP contribution is 2.37. The summed E-state index contributed by atoms with van der Waals surface area (Å²) in [6, 6.07) is 27.3. The first-order valence-corrected chi connectivity index (χ1v) is 9.68. The van der Waals surface area contributed by atoms with Gasteiger partial charge in [-0.05, 0) is 30.0 Å². The predicted molar refractivity (Wildman–Crippen MR) is 115 cm³/mol. The molecule has 0 spiro atoms. The molecule has 0 radical (unpaired) electrons. The van der Waals surface area contributed by atoms with Crippen molar-refractivity contribution in [3.63, 3.8) is 0 Å². The molecule has 0 aliphatic rings. The van der Waals surface area contributed by atoms with Gasteiger partial charge in [0.05, 0.1) is 5.39 Å². The number of nitrogens with one attached hydrogen (secondary N) is 1. The lowest BCUT2D eigenvalue weighted by Crippen LogP contribution is -1.98. The van der Waals surface area contributed by atoms with Gasteiger partial charge in [0.2, 0.25) is 0 Å². The second-order valence-electron chi connectivity index (χ2n) is 6.47. The zero-order valence-electron chi connectivity index (χ0n) is 14.8. The standard InChI is InChI=1S/C23H17N3S/c1-15-24-22(26-20-13-7-11-16-8-5-6-12-18(16)20)19-14-21(27-23(19)25-15)17-9-3-2-4-10-17/h2-14H,1H3,(H,24,25,26).